The predicted molar refractivity (Wildman–Crippen MR) is 119 cm³/mol. The van der Waals surface area contributed by atoms with Gasteiger partial charge < -0.3 is 10.3 Å². The van der Waals surface area contributed by atoms with E-state index in [4.69, 9.17) is 0 Å². The Morgan fingerprint density at radius 2 is 1.90 bits per heavy atom. The molecule has 0 unspecified atom stereocenters. The molecule has 0 atom stereocenters. The number of imidazole rings is 1. The van der Waals surface area contributed by atoms with Gasteiger partial charge in [0.1, 0.15) is 11.3 Å². The highest BCUT2D eigenvalue weighted by molar-refractivity contribution is 5.97. The lowest BCUT2D eigenvalue weighted by Gasteiger charge is -2.21. The van der Waals surface area contributed by atoms with Crippen molar-refractivity contribution in [3.8, 4) is 0 Å². The predicted octanol–water partition coefficient (Wildman–Crippen LogP) is 3.62. The number of aromatic amines is 1. The minimum absolute atomic E-state index is 0.160. The van der Waals surface area contributed by atoms with Gasteiger partial charge in [0.2, 0.25) is 0 Å². The number of H-pyrrole nitrogens is 1. The number of pyridine rings is 1. The summed E-state index contributed by atoms with van der Waals surface area (Å²) in [6, 6.07) is 9.12. The molecule has 0 spiro atoms. The standard InChI is InChI=1S/C24H25N5O2/c30-23(27-14-17-8-10-25-11-9-17)18-6-7-19-20(13-18)29-21(24(31)28-19)15-26-22(29)12-16-4-2-1-3-5-16/h6-11,13,15-16H,1-5,12,14H2,(H,27,30)(H,28,31). The first kappa shape index (κ1) is 19.5. The van der Waals surface area contributed by atoms with Crippen LogP contribution in [-0.4, -0.2) is 25.3 Å². The maximum absolute atomic E-state index is 12.8. The van der Waals surface area contributed by atoms with Crippen LogP contribution in [0.25, 0.3) is 16.6 Å². The van der Waals surface area contributed by atoms with Crippen LogP contribution in [0.5, 0.6) is 0 Å². The van der Waals surface area contributed by atoms with E-state index in [1.165, 1.54) is 32.1 Å². The SMILES string of the molecule is O=C(NCc1ccncc1)c1ccc2[nH]c(=O)c3cnc(CC4CCCCC4)n3c2c1. The van der Waals surface area contributed by atoms with Crippen molar-refractivity contribution >= 4 is 22.5 Å². The van der Waals surface area contributed by atoms with Gasteiger partial charge in [0.05, 0.1) is 17.2 Å². The number of aromatic nitrogens is 4. The molecule has 0 radical (unpaired) electrons. The first-order valence-corrected chi connectivity index (χ1v) is 10.9. The third kappa shape index (κ3) is 3.95. The lowest BCUT2D eigenvalue weighted by atomic mass is 9.87. The summed E-state index contributed by atoms with van der Waals surface area (Å²) in [6.45, 7) is 0.429. The zero-order valence-electron chi connectivity index (χ0n) is 17.3. The molecule has 0 bridgehead atoms. The number of rotatable bonds is 5. The molecule has 7 heteroatoms. The smallest absolute Gasteiger partial charge is 0.274 e. The van der Waals surface area contributed by atoms with Gasteiger partial charge in [0, 0.05) is 30.9 Å². The molecular weight excluding hydrogens is 390 g/mol. The molecule has 2 N–H and O–H groups in total. The van der Waals surface area contributed by atoms with E-state index in [2.05, 4.69) is 20.3 Å². The zero-order chi connectivity index (χ0) is 21.2. The maximum Gasteiger partial charge on any atom is 0.274 e. The van der Waals surface area contributed by atoms with Crippen molar-refractivity contribution in [3.63, 3.8) is 0 Å². The van der Waals surface area contributed by atoms with Crippen LogP contribution in [0.2, 0.25) is 0 Å². The van der Waals surface area contributed by atoms with E-state index in [1.807, 2.05) is 22.6 Å². The largest absolute Gasteiger partial charge is 0.348 e. The number of nitrogens with one attached hydrogen (secondary N) is 2. The van der Waals surface area contributed by atoms with Gasteiger partial charge in [-0.3, -0.25) is 19.0 Å². The molecule has 0 saturated heterocycles. The Morgan fingerprint density at radius 3 is 2.71 bits per heavy atom. The second-order valence-electron chi connectivity index (χ2n) is 8.33. The third-order valence-electron chi connectivity index (χ3n) is 6.21. The fourth-order valence-corrected chi connectivity index (χ4v) is 4.55. The number of nitrogens with zero attached hydrogens (tertiary/aromatic N) is 3. The molecule has 1 aromatic carbocycles. The van der Waals surface area contributed by atoms with Gasteiger partial charge in [0.25, 0.3) is 11.5 Å². The number of carbonyl (C=O) groups is 1. The summed E-state index contributed by atoms with van der Waals surface area (Å²) in [6.07, 6.45) is 12.2. The Hall–Kier alpha value is -3.48. The first-order valence-electron chi connectivity index (χ1n) is 10.9. The van der Waals surface area contributed by atoms with Crippen molar-refractivity contribution in [2.75, 3.05) is 0 Å². The lowest BCUT2D eigenvalue weighted by Crippen LogP contribution is -2.23. The van der Waals surface area contributed by atoms with E-state index in [1.54, 1.807) is 30.7 Å². The fourth-order valence-electron chi connectivity index (χ4n) is 4.55. The van der Waals surface area contributed by atoms with Crippen LogP contribution in [0.3, 0.4) is 0 Å². The molecule has 31 heavy (non-hydrogen) atoms. The maximum atomic E-state index is 12.8. The van der Waals surface area contributed by atoms with Gasteiger partial charge in [-0.05, 0) is 41.8 Å². The molecule has 7 nitrogen and oxygen atoms in total. The van der Waals surface area contributed by atoms with Crippen LogP contribution in [-0.2, 0) is 13.0 Å². The molecule has 1 fully saturated rings. The van der Waals surface area contributed by atoms with Crippen LogP contribution in [0.4, 0.5) is 0 Å². The summed E-state index contributed by atoms with van der Waals surface area (Å²) in [5, 5.41) is 2.95. The number of fused-ring (bicyclic) bond motifs is 3. The summed E-state index contributed by atoms with van der Waals surface area (Å²) in [5.74, 6) is 1.33. The lowest BCUT2D eigenvalue weighted by molar-refractivity contribution is 0.0951. The molecule has 5 rings (SSSR count). The van der Waals surface area contributed by atoms with E-state index in [0.717, 1.165) is 23.3 Å². The topological polar surface area (TPSA) is 92.1 Å². The number of amides is 1. The summed E-state index contributed by atoms with van der Waals surface area (Å²) in [4.78, 5) is 36.9. The van der Waals surface area contributed by atoms with Gasteiger partial charge in [-0.1, -0.05) is 32.1 Å². The second kappa shape index (κ2) is 8.34. The highest BCUT2D eigenvalue weighted by Gasteiger charge is 2.19. The highest BCUT2D eigenvalue weighted by Crippen LogP contribution is 2.27. The summed E-state index contributed by atoms with van der Waals surface area (Å²) >= 11 is 0. The van der Waals surface area contributed by atoms with Gasteiger partial charge in [0.15, 0.2) is 0 Å². The highest BCUT2D eigenvalue weighted by atomic mass is 16.1. The Kier molecular flexibility index (Phi) is 5.24. The van der Waals surface area contributed by atoms with Crippen molar-refractivity contribution < 1.29 is 4.79 Å². The summed E-state index contributed by atoms with van der Waals surface area (Å²) in [5.41, 5.74) is 3.39. The minimum atomic E-state index is -0.162. The van der Waals surface area contributed by atoms with Gasteiger partial charge in [-0.15, -0.1) is 0 Å². The van der Waals surface area contributed by atoms with Crippen LogP contribution in [0.1, 0.15) is 53.8 Å². The Labute approximate surface area is 179 Å². The van der Waals surface area contributed by atoms with Crippen molar-refractivity contribution in [1.82, 2.24) is 24.7 Å². The zero-order valence-corrected chi connectivity index (χ0v) is 17.3. The molecular formula is C24H25N5O2. The van der Waals surface area contributed by atoms with Crippen molar-refractivity contribution in [2.24, 2.45) is 5.92 Å². The number of carbonyl (C=O) groups excluding carboxylic acids is 1. The normalized spacial score (nSPS) is 14.8. The molecule has 1 aliphatic rings. The average molecular weight is 415 g/mol. The molecule has 1 amide bonds. The van der Waals surface area contributed by atoms with Crippen molar-refractivity contribution in [3.05, 3.63) is 76.2 Å². The summed E-state index contributed by atoms with van der Waals surface area (Å²) in [7, 11) is 0. The molecule has 1 saturated carbocycles. The number of hydrogen-bond acceptors (Lipinski definition) is 4. The Bertz CT molecular complexity index is 1290. The molecule has 4 aromatic rings. The molecule has 3 aromatic heterocycles. The van der Waals surface area contributed by atoms with Crippen LogP contribution >= 0.6 is 0 Å². The van der Waals surface area contributed by atoms with Crippen LogP contribution in [0.15, 0.2) is 53.7 Å². The van der Waals surface area contributed by atoms with Gasteiger partial charge >= 0.3 is 0 Å². The number of benzene rings is 1. The first-order chi connectivity index (χ1) is 15.2. The van der Waals surface area contributed by atoms with Gasteiger partial charge in [-0.25, -0.2) is 4.98 Å². The fraction of sp³-hybridized carbons (Fsp3) is 0.333. The quantitative estimate of drug-likeness (QED) is 0.521. The van der Waals surface area contributed by atoms with E-state index in [-0.39, 0.29) is 11.5 Å². The average Bonchev–Trinajstić information content (AvgIpc) is 3.23. The Balaban J connectivity index is 1.49. The molecule has 3 heterocycles. The monoisotopic (exact) mass is 415 g/mol. The van der Waals surface area contributed by atoms with Gasteiger partial charge in [-0.2, -0.15) is 0 Å². The van der Waals surface area contributed by atoms with Crippen molar-refractivity contribution in [2.45, 2.75) is 45.1 Å². The van der Waals surface area contributed by atoms with E-state index in [0.29, 0.717) is 29.1 Å². The van der Waals surface area contributed by atoms with Crippen LogP contribution < -0.4 is 10.9 Å². The third-order valence-corrected chi connectivity index (χ3v) is 6.21. The van der Waals surface area contributed by atoms with Crippen LogP contribution in [0, 0.1) is 5.92 Å². The Morgan fingerprint density at radius 1 is 1.10 bits per heavy atom. The molecule has 158 valence electrons. The molecule has 1 aliphatic carbocycles. The second-order valence-corrected chi connectivity index (χ2v) is 8.33. The van der Waals surface area contributed by atoms with E-state index < -0.39 is 0 Å². The van der Waals surface area contributed by atoms with Crippen molar-refractivity contribution in [1.29, 1.82) is 0 Å². The van der Waals surface area contributed by atoms with E-state index in [9.17, 15) is 9.59 Å². The summed E-state index contributed by atoms with van der Waals surface area (Å²) < 4.78 is 1.93. The number of hydrogen-bond donors (Lipinski definition) is 2. The minimum Gasteiger partial charge on any atom is -0.348 e. The van der Waals surface area contributed by atoms with E-state index >= 15 is 0 Å². The molecule has 0 aliphatic heterocycles.